The molecule has 5 heteroatoms. The summed E-state index contributed by atoms with van der Waals surface area (Å²) in [5.41, 5.74) is 4.16. The zero-order chi connectivity index (χ0) is 21.1. The Morgan fingerprint density at radius 2 is 1.90 bits per heavy atom. The van der Waals surface area contributed by atoms with E-state index < -0.39 is 0 Å². The number of aliphatic hydroxyl groups excluding tert-OH is 1. The minimum atomic E-state index is -0.309. The Kier molecular flexibility index (Phi) is 6.21. The highest BCUT2D eigenvalue weighted by molar-refractivity contribution is 5.43. The van der Waals surface area contributed by atoms with Crippen LogP contribution in [-0.4, -0.2) is 38.5 Å². The quantitative estimate of drug-likeness (QED) is 0.543. The van der Waals surface area contributed by atoms with E-state index in [2.05, 4.69) is 17.9 Å². The first-order valence-corrected chi connectivity index (χ1v) is 10.9. The van der Waals surface area contributed by atoms with Gasteiger partial charge >= 0.3 is 0 Å². The maximum Gasteiger partial charge on any atom is 0.227 e. The van der Waals surface area contributed by atoms with Crippen molar-refractivity contribution in [1.82, 2.24) is 14.7 Å². The van der Waals surface area contributed by atoms with Crippen molar-refractivity contribution >= 4 is 0 Å². The summed E-state index contributed by atoms with van der Waals surface area (Å²) in [6.07, 6.45) is 2.83. The molecule has 0 saturated heterocycles. The van der Waals surface area contributed by atoms with Gasteiger partial charge in [0.25, 0.3) is 0 Å². The molecular formula is C25H31N3O2. The molecule has 0 amide bonds. The van der Waals surface area contributed by atoms with Gasteiger partial charge in [-0.3, -0.25) is 4.90 Å². The van der Waals surface area contributed by atoms with Crippen LogP contribution in [0, 0.1) is 13.8 Å². The predicted octanol–water partition coefficient (Wildman–Crippen LogP) is 5.02. The number of benzene rings is 2. The minimum Gasteiger partial charge on any atom is -0.439 e. The monoisotopic (exact) mass is 405 g/mol. The summed E-state index contributed by atoms with van der Waals surface area (Å²) in [6.45, 7) is 7.54. The van der Waals surface area contributed by atoms with Gasteiger partial charge in [0.2, 0.25) is 5.88 Å². The van der Waals surface area contributed by atoms with E-state index in [0.29, 0.717) is 12.6 Å². The Balaban J connectivity index is 1.72. The third kappa shape index (κ3) is 4.74. The first-order valence-electron chi connectivity index (χ1n) is 10.9. The third-order valence-corrected chi connectivity index (χ3v) is 5.68. The van der Waals surface area contributed by atoms with Gasteiger partial charge in [0.1, 0.15) is 5.75 Å². The summed E-state index contributed by atoms with van der Waals surface area (Å²) in [5.74, 6) is 1.56. The van der Waals surface area contributed by atoms with E-state index in [1.54, 1.807) is 0 Å². The van der Waals surface area contributed by atoms with Crippen molar-refractivity contribution in [1.29, 1.82) is 0 Å². The van der Waals surface area contributed by atoms with Gasteiger partial charge < -0.3 is 9.84 Å². The molecule has 1 N–H and O–H groups in total. The van der Waals surface area contributed by atoms with Crippen molar-refractivity contribution in [2.45, 2.75) is 58.7 Å². The van der Waals surface area contributed by atoms with Crippen molar-refractivity contribution in [3.63, 3.8) is 0 Å². The van der Waals surface area contributed by atoms with E-state index >= 15 is 0 Å². The number of aromatic nitrogens is 2. The molecule has 0 aliphatic heterocycles. The van der Waals surface area contributed by atoms with Crippen LogP contribution < -0.4 is 4.74 Å². The largest absolute Gasteiger partial charge is 0.439 e. The number of ether oxygens (including phenoxy) is 1. The van der Waals surface area contributed by atoms with Gasteiger partial charge in [-0.1, -0.05) is 37.3 Å². The number of aryl methyl sites for hydroxylation is 2. The Labute approximate surface area is 178 Å². The van der Waals surface area contributed by atoms with Gasteiger partial charge in [0.15, 0.2) is 0 Å². The van der Waals surface area contributed by atoms with Crippen molar-refractivity contribution in [3.05, 3.63) is 71.4 Å². The normalized spacial score (nSPS) is 14.8. The second-order valence-electron chi connectivity index (χ2n) is 8.26. The molecule has 0 radical (unpaired) electrons. The summed E-state index contributed by atoms with van der Waals surface area (Å²) >= 11 is 0. The van der Waals surface area contributed by atoms with E-state index in [0.717, 1.165) is 47.1 Å². The molecule has 1 fully saturated rings. The number of para-hydroxylation sites is 1. The molecule has 3 aromatic rings. The molecular weight excluding hydrogens is 374 g/mol. The van der Waals surface area contributed by atoms with Crippen LogP contribution in [0.4, 0.5) is 0 Å². The van der Waals surface area contributed by atoms with Gasteiger partial charge in [0.05, 0.1) is 23.0 Å². The molecule has 4 rings (SSSR count). The fraction of sp³-hybridized carbons (Fsp3) is 0.400. The van der Waals surface area contributed by atoms with Crippen LogP contribution in [-0.2, 0) is 6.54 Å². The van der Waals surface area contributed by atoms with E-state index in [1.807, 2.05) is 67.1 Å². The molecule has 2 aromatic carbocycles. The molecule has 1 saturated carbocycles. The molecule has 0 bridgehead atoms. The zero-order valence-corrected chi connectivity index (χ0v) is 18.1. The number of nitrogens with zero attached hydrogens (tertiary/aromatic N) is 3. The highest BCUT2D eigenvalue weighted by Gasteiger charge is 2.32. The first-order chi connectivity index (χ1) is 14.5. The topological polar surface area (TPSA) is 50.5 Å². The van der Waals surface area contributed by atoms with Crippen LogP contribution in [0.3, 0.4) is 0 Å². The van der Waals surface area contributed by atoms with E-state index in [1.165, 1.54) is 12.8 Å². The Morgan fingerprint density at radius 1 is 1.13 bits per heavy atom. The second kappa shape index (κ2) is 9.02. The van der Waals surface area contributed by atoms with Crippen LogP contribution >= 0.6 is 0 Å². The summed E-state index contributed by atoms with van der Waals surface area (Å²) < 4.78 is 8.34. The highest BCUT2D eigenvalue weighted by Crippen LogP contribution is 2.35. The molecule has 0 unspecified atom stereocenters. The van der Waals surface area contributed by atoms with E-state index in [4.69, 9.17) is 9.84 Å². The lowest BCUT2D eigenvalue weighted by atomic mass is 10.2. The summed E-state index contributed by atoms with van der Waals surface area (Å²) in [5, 5.41) is 15.1. The Bertz CT molecular complexity index is 979. The van der Waals surface area contributed by atoms with Crippen LogP contribution in [0.1, 0.15) is 43.0 Å². The lowest BCUT2D eigenvalue weighted by Gasteiger charge is -2.25. The highest BCUT2D eigenvalue weighted by atomic mass is 16.5. The van der Waals surface area contributed by atoms with Crippen LogP contribution in [0.2, 0.25) is 0 Å². The minimum absolute atomic E-state index is 0.309. The lowest BCUT2D eigenvalue weighted by Crippen LogP contribution is -2.33. The molecule has 0 spiro atoms. The average Bonchev–Trinajstić information content (AvgIpc) is 3.55. The molecule has 5 nitrogen and oxygen atoms in total. The second-order valence-corrected chi connectivity index (χ2v) is 8.26. The maximum atomic E-state index is 10.3. The molecule has 1 heterocycles. The Morgan fingerprint density at radius 3 is 2.57 bits per heavy atom. The fourth-order valence-electron chi connectivity index (χ4n) is 3.75. The zero-order valence-electron chi connectivity index (χ0n) is 18.1. The average molecular weight is 406 g/mol. The van der Waals surface area contributed by atoms with Gasteiger partial charge in [0, 0.05) is 19.1 Å². The molecule has 1 aromatic heterocycles. The standard InChI is InChI=1S/C25H31N3O2/c1-4-22(29)16-27(20-13-14-20)17-24-19(3)26-28(21-10-6-5-7-11-21)25(24)30-23-12-8-9-18(2)15-23/h5-12,15,20,22,29H,4,13-14,16-17H2,1-3H3/t22-/m1/s1. The van der Waals surface area contributed by atoms with Crippen LogP contribution in [0.25, 0.3) is 5.69 Å². The molecule has 1 aliphatic carbocycles. The number of aliphatic hydroxyl groups is 1. The van der Waals surface area contributed by atoms with Gasteiger partial charge in [-0.2, -0.15) is 5.10 Å². The number of hydrogen-bond donors (Lipinski definition) is 1. The van der Waals surface area contributed by atoms with Crippen molar-refractivity contribution in [2.75, 3.05) is 6.54 Å². The predicted molar refractivity (Wildman–Crippen MR) is 119 cm³/mol. The van der Waals surface area contributed by atoms with Crippen molar-refractivity contribution in [2.24, 2.45) is 0 Å². The molecule has 158 valence electrons. The van der Waals surface area contributed by atoms with Crippen LogP contribution in [0.5, 0.6) is 11.6 Å². The summed E-state index contributed by atoms with van der Waals surface area (Å²) in [7, 11) is 0. The van der Waals surface area contributed by atoms with E-state index in [-0.39, 0.29) is 6.10 Å². The smallest absolute Gasteiger partial charge is 0.227 e. The molecule has 1 atom stereocenters. The fourth-order valence-corrected chi connectivity index (χ4v) is 3.75. The summed E-state index contributed by atoms with van der Waals surface area (Å²) in [4.78, 5) is 2.39. The van der Waals surface area contributed by atoms with Gasteiger partial charge in [-0.25, -0.2) is 4.68 Å². The SMILES string of the molecule is CC[C@@H](O)CN(Cc1c(C)nn(-c2ccccc2)c1Oc1cccc(C)c1)C1CC1. The van der Waals surface area contributed by atoms with Crippen molar-refractivity contribution in [3.8, 4) is 17.3 Å². The van der Waals surface area contributed by atoms with E-state index in [9.17, 15) is 5.11 Å². The van der Waals surface area contributed by atoms with Crippen LogP contribution in [0.15, 0.2) is 54.6 Å². The lowest BCUT2D eigenvalue weighted by molar-refractivity contribution is 0.100. The first kappa shape index (κ1) is 20.6. The molecule has 30 heavy (non-hydrogen) atoms. The maximum absolute atomic E-state index is 10.3. The molecule has 1 aliphatic rings. The number of rotatable bonds is 9. The van der Waals surface area contributed by atoms with Crippen molar-refractivity contribution < 1.29 is 9.84 Å². The third-order valence-electron chi connectivity index (χ3n) is 5.68. The van der Waals surface area contributed by atoms with Gasteiger partial charge in [-0.15, -0.1) is 0 Å². The number of hydrogen-bond acceptors (Lipinski definition) is 4. The Hall–Kier alpha value is -2.63. The van der Waals surface area contributed by atoms with Gasteiger partial charge in [-0.05, 0) is 62.9 Å². The summed E-state index contributed by atoms with van der Waals surface area (Å²) in [6, 6.07) is 18.7.